The van der Waals surface area contributed by atoms with Crippen LogP contribution < -0.4 is 5.56 Å². The SMILES string of the molecule is CCc1nn2c(=O)cc(CN3CC(C)CC(C)C3)nc2s1. The fraction of sp³-hybridized carbons (Fsp3) is 0.667. The largest absolute Gasteiger partial charge is 0.297 e. The molecule has 1 fully saturated rings. The topological polar surface area (TPSA) is 50.5 Å². The molecular weight excluding hydrogens is 284 g/mol. The summed E-state index contributed by atoms with van der Waals surface area (Å²) in [6.07, 6.45) is 2.13. The number of hydrogen-bond acceptors (Lipinski definition) is 5. The van der Waals surface area contributed by atoms with E-state index < -0.39 is 0 Å². The molecule has 0 radical (unpaired) electrons. The highest BCUT2D eigenvalue weighted by molar-refractivity contribution is 7.16. The molecule has 21 heavy (non-hydrogen) atoms. The molecule has 3 rings (SSSR count). The molecule has 114 valence electrons. The minimum absolute atomic E-state index is 0.0657. The number of piperidine rings is 1. The number of rotatable bonds is 3. The average molecular weight is 306 g/mol. The van der Waals surface area contributed by atoms with E-state index in [0.717, 1.165) is 36.8 Å². The van der Waals surface area contributed by atoms with Gasteiger partial charge in [0.15, 0.2) is 0 Å². The maximum absolute atomic E-state index is 12.1. The van der Waals surface area contributed by atoms with Crippen molar-refractivity contribution in [3.8, 4) is 0 Å². The van der Waals surface area contributed by atoms with Crippen LogP contribution >= 0.6 is 11.3 Å². The predicted molar refractivity (Wildman–Crippen MR) is 84.7 cm³/mol. The van der Waals surface area contributed by atoms with Crippen molar-refractivity contribution in [3.63, 3.8) is 0 Å². The second-order valence-corrected chi connectivity index (χ2v) is 7.31. The van der Waals surface area contributed by atoms with Gasteiger partial charge in [-0.3, -0.25) is 9.69 Å². The third-order valence-electron chi connectivity index (χ3n) is 3.97. The summed E-state index contributed by atoms with van der Waals surface area (Å²) in [7, 11) is 0. The molecule has 0 aromatic carbocycles. The minimum Gasteiger partial charge on any atom is -0.297 e. The number of fused-ring (bicyclic) bond motifs is 1. The maximum atomic E-state index is 12.1. The van der Waals surface area contributed by atoms with Crippen LogP contribution in [-0.4, -0.2) is 32.6 Å². The Labute approximate surface area is 128 Å². The summed E-state index contributed by atoms with van der Waals surface area (Å²) in [6.45, 7) is 9.58. The highest BCUT2D eigenvalue weighted by atomic mass is 32.1. The second kappa shape index (κ2) is 5.85. The maximum Gasteiger partial charge on any atom is 0.275 e. The third kappa shape index (κ3) is 3.16. The van der Waals surface area contributed by atoms with Gasteiger partial charge in [-0.2, -0.15) is 9.61 Å². The highest BCUT2D eigenvalue weighted by Crippen LogP contribution is 2.22. The lowest BCUT2D eigenvalue weighted by molar-refractivity contribution is 0.133. The van der Waals surface area contributed by atoms with Gasteiger partial charge in [-0.25, -0.2) is 4.98 Å². The van der Waals surface area contributed by atoms with Gasteiger partial charge in [0.25, 0.3) is 5.56 Å². The van der Waals surface area contributed by atoms with Crippen molar-refractivity contribution in [2.45, 2.75) is 40.2 Å². The average Bonchev–Trinajstić information content (AvgIpc) is 2.81. The lowest BCUT2D eigenvalue weighted by Crippen LogP contribution is -2.38. The molecule has 2 aromatic rings. The Bertz CT molecular complexity index is 683. The summed E-state index contributed by atoms with van der Waals surface area (Å²) in [5.74, 6) is 1.43. The molecule has 0 bridgehead atoms. The summed E-state index contributed by atoms with van der Waals surface area (Å²) >= 11 is 1.51. The van der Waals surface area contributed by atoms with Crippen molar-refractivity contribution < 1.29 is 0 Å². The van der Waals surface area contributed by atoms with Crippen molar-refractivity contribution in [1.29, 1.82) is 0 Å². The first kappa shape index (κ1) is 14.7. The van der Waals surface area contributed by atoms with Crippen molar-refractivity contribution in [2.24, 2.45) is 11.8 Å². The predicted octanol–water partition coefficient (Wildman–Crippen LogP) is 2.19. The van der Waals surface area contributed by atoms with Gasteiger partial charge in [0.2, 0.25) is 4.96 Å². The third-order valence-corrected chi connectivity index (χ3v) is 5.03. The van der Waals surface area contributed by atoms with E-state index in [1.807, 2.05) is 6.92 Å². The quantitative estimate of drug-likeness (QED) is 0.872. The molecule has 1 aliphatic heterocycles. The zero-order chi connectivity index (χ0) is 15.0. The smallest absolute Gasteiger partial charge is 0.275 e. The van der Waals surface area contributed by atoms with Crippen LogP contribution in [0, 0.1) is 11.8 Å². The minimum atomic E-state index is -0.0657. The Morgan fingerprint density at radius 3 is 2.71 bits per heavy atom. The van der Waals surface area contributed by atoms with Gasteiger partial charge >= 0.3 is 0 Å². The van der Waals surface area contributed by atoms with E-state index in [1.165, 1.54) is 22.3 Å². The normalized spacial score (nSPS) is 23.8. The molecule has 1 aliphatic rings. The fourth-order valence-electron chi connectivity index (χ4n) is 3.27. The first-order chi connectivity index (χ1) is 10.0. The molecule has 5 nitrogen and oxygen atoms in total. The van der Waals surface area contributed by atoms with E-state index in [-0.39, 0.29) is 5.56 Å². The van der Waals surface area contributed by atoms with E-state index in [9.17, 15) is 4.79 Å². The summed E-state index contributed by atoms with van der Waals surface area (Å²) in [5, 5.41) is 5.24. The lowest BCUT2D eigenvalue weighted by atomic mass is 9.92. The molecule has 0 amide bonds. The molecular formula is C15H22N4OS. The summed E-state index contributed by atoms with van der Waals surface area (Å²) in [6, 6.07) is 1.64. The van der Waals surface area contributed by atoms with Crippen molar-refractivity contribution in [3.05, 3.63) is 27.1 Å². The molecule has 3 heterocycles. The molecule has 6 heteroatoms. The standard InChI is InChI=1S/C15H22N4OS/c1-4-13-17-19-14(20)6-12(16-15(19)21-13)9-18-7-10(2)5-11(3)8-18/h6,10-11H,4-5,7-9H2,1-3H3. The number of aromatic nitrogens is 3. The van der Waals surface area contributed by atoms with Crippen LogP contribution in [0.15, 0.2) is 10.9 Å². The zero-order valence-corrected chi connectivity index (χ0v) is 13.7. The first-order valence-electron chi connectivity index (χ1n) is 7.66. The van der Waals surface area contributed by atoms with Crippen LogP contribution in [0.3, 0.4) is 0 Å². The fourth-order valence-corrected chi connectivity index (χ4v) is 4.13. The number of likely N-dealkylation sites (tertiary alicyclic amines) is 1. The van der Waals surface area contributed by atoms with E-state index in [1.54, 1.807) is 6.07 Å². The van der Waals surface area contributed by atoms with Crippen LogP contribution in [0.2, 0.25) is 0 Å². The van der Waals surface area contributed by atoms with Crippen LogP contribution in [0.1, 0.15) is 37.9 Å². The van der Waals surface area contributed by atoms with Crippen LogP contribution in [-0.2, 0) is 13.0 Å². The van der Waals surface area contributed by atoms with E-state index in [4.69, 9.17) is 0 Å². The van der Waals surface area contributed by atoms with Crippen molar-refractivity contribution in [2.75, 3.05) is 13.1 Å². The molecule has 2 atom stereocenters. The van der Waals surface area contributed by atoms with Crippen LogP contribution in [0.25, 0.3) is 4.96 Å². The second-order valence-electron chi connectivity index (χ2n) is 6.27. The van der Waals surface area contributed by atoms with Crippen LogP contribution in [0.4, 0.5) is 0 Å². The number of hydrogen-bond donors (Lipinski definition) is 0. The number of aryl methyl sites for hydroxylation is 1. The molecule has 2 aromatic heterocycles. The van der Waals surface area contributed by atoms with E-state index in [2.05, 4.69) is 28.8 Å². The first-order valence-corrected chi connectivity index (χ1v) is 8.47. The monoisotopic (exact) mass is 306 g/mol. The molecule has 0 saturated carbocycles. The van der Waals surface area contributed by atoms with Gasteiger partial charge in [0.1, 0.15) is 5.01 Å². The van der Waals surface area contributed by atoms with Gasteiger partial charge in [-0.1, -0.05) is 32.1 Å². The van der Waals surface area contributed by atoms with Crippen molar-refractivity contribution in [1.82, 2.24) is 19.5 Å². The van der Waals surface area contributed by atoms with Gasteiger partial charge in [-0.15, -0.1) is 0 Å². The van der Waals surface area contributed by atoms with E-state index >= 15 is 0 Å². The van der Waals surface area contributed by atoms with Gasteiger partial charge in [0.05, 0.1) is 5.69 Å². The Morgan fingerprint density at radius 1 is 1.33 bits per heavy atom. The van der Waals surface area contributed by atoms with Gasteiger partial charge < -0.3 is 0 Å². The van der Waals surface area contributed by atoms with E-state index in [0.29, 0.717) is 16.8 Å². The summed E-state index contributed by atoms with van der Waals surface area (Å²) in [5.41, 5.74) is 0.802. The molecule has 2 unspecified atom stereocenters. The lowest BCUT2D eigenvalue weighted by Gasteiger charge is -2.34. The summed E-state index contributed by atoms with van der Waals surface area (Å²) < 4.78 is 1.43. The molecule has 1 saturated heterocycles. The molecule has 0 N–H and O–H groups in total. The Kier molecular flexibility index (Phi) is 4.08. The Hall–Kier alpha value is -1.27. The number of nitrogens with zero attached hydrogens (tertiary/aromatic N) is 4. The van der Waals surface area contributed by atoms with Crippen LogP contribution in [0.5, 0.6) is 0 Å². The summed E-state index contributed by atoms with van der Waals surface area (Å²) in [4.78, 5) is 19.9. The Balaban J connectivity index is 1.85. The molecule has 0 aliphatic carbocycles. The van der Waals surface area contributed by atoms with Gasteiger partial charge in [0, 0.05) is 25.7 Å². The Morgan fingerprint density at radius 2 is 2.05 bits per heavy atom. The molecule has 0 spiro atoms. The van der Waals surface area contributed by atoms with Gasteiger partial charge in [-0.05, 0) is 24.7 Å². The highest BCUT2D eigenvalue weighted by Gasteiger charge is 2.22. The zero-order valence-electron chi connectivity index (χ0n) is 12.9. The van der Waals surface area contributed by atoms with Crippen molar-refractivity contribution >= 4 is 16.3 Å².